The highest BCUT2D eigenvalue weighted by atomic mass is 35.5. The van der Waals surface area contributed by atoms with E-state index in [2.05, 4.69) is 92.7 Å². The summed E-state index contributed by atoms with van der Waals surface area (Å²) in [5, 5.41) is 13.6. The molecule has 4 aliphatic rings. The zero-order valence-electron chi connectivity index (χ0n) is 80.9. The van der Waals surface area contributed by atoms with Crippen molar-refractivity contribution in [3.63, 3.8) is 0 Å². The molecular formula is C100H123ClF3N23O9. The Morgan fingerprint density at radius 2 is 0.662 bits per heavy atom. The standard InChI is InChI=1S/2C26H34N6O2.C24H25ClF3N5O2.C24H30N6O3/c2*1-7-34-22-16-32(23-10-8-9-13-27-23)15-21(22)29-24-18(3)28-25(31(6)26(24)33)20-12-11-19(30(4)5)14-17(20)2;1-4-35-19-13-33(20-7-5-6-10-29-20)12-18(19)31-21-14(2)30-22(32(3)23(21)34)16-9-8-15(11-17(16)25)24(26,27)28;1-6-33-19-14-30(20-9-7-8-12-25-20)13-18(19)28-22-16(3)27-23(29(4)24(22)31)17-10-11-21(32-5)26-15(17)2/h2*8-14,21-22,29H,7,15-16H2,1-6H3;5-11,18-19,31H,4,12-13H2,1-3H3;7-12,18-19,28H,6,13-14H2,1-5H3/t2*21?,22-;2*18?,19-/m0000/s1. The molecule has 0 spiro atoms. The molecule has 0 aliphatic carbocycles. The van der Waals surface area contributed by atoms with Crippen LogP contribution in [0.1, 0.15) is 72.9 Å². The van der Waals surface area contributed by atoms with Crippen LogP contribution in [0.5, 0.6) is 5.88 Å². The molecule has 36 heteroatoms. The van der Waals surface area contributed by atoms with Crippen LogP contribution in [0.3, 0.4) is 0 Å². The maximum atomic E-state index is 13.5. The molecule has 4 N–H and O–H groups in total. The number of hydrogen-bond acceptors (Lipinski definition) is 28. The molecule has 0 saturated carbocycles. The molecule has 4 unspecified atom stereocenters. The number of aryl methyl sites for hydroxylation is 7. The molecule has 0 amide bonds. The summed E-state index contributed by atoms with van der Waals surface area (Å²) in [4.78, 5) is 108. The molecule has 13 heterocycles. The van der Waals surface area contributed by atoms with Gasteiger partial charge in [0.2, 0.25) is 5.88 Å². The molecule has 3 aromatic carbocycles. The lowest BCUT2D eigenvalue weighted by Crippen LogP contribution is -2.38. The first-order valence-corrected chi connectivity index (χ1v) is 45.9. The van der Waals surface area contributed by atoms with E-state index >= 15 is 0 Å². The second kappa shape index (κ2) is 44.4. The molecule has 4 aliphatic heterocycles. The first-order valence-electron chi connectivity index (χ1n) is 45.5. The lowest BCUT2D eigenvalue weighted by atomic mass is 10.1. The molecular weight excluding hydrogens is 1760 g/mol. The van der Waals surface area contributed by atoms with E-state index in [1.54, 1.807) is 79.7 Å². The predicted octanol–water partition coefficient (Wildman–Crippen LogP) is 13.6. The lowest BCUT2D eigenvalue weighted by molar-refractivity contribution is -0.137. The van der Waals surface area contributed by atoms with Gasteiger partial charge in [-0.3, -0.25) is 37.4 Å². The SMILES string of the molecule is CCO[C@H]1CN(c2ccccn2)CC1Nc1c(C)nc(-c2ccc(C(F)(F)F)cc2Cl)n(C)c1=O.CCO[C@H]1CN(c2ccccn2)CC1Nc1c(C)nc(-c2ccc(N(C)C)cc2C)n(C)c1=O.CCO[C@H]1CN(c2ccccn2)CC1Nc1c(C)nc(-c2ccc(N(C)C)cc2C)n(C)c1=O.CCO[C@H]1CN(c2ccccn2)CC1Nc1c(C)nc(-c2ccc(OC)nc2C)n(C)c1=O. The highest BCUT2D eigenvalue weighted by Gasteiger charge is 2.41. The first kappa shape index (κ1) is 100. The Balaban J connectivity index is 0.000000153. The van der Waals surface area contributed by atoms with Crippen molar-refractivity contribution in [1.82, 2.24) is 63.1 Å². The Labute approximate surface area is 795 Å². The summed E-state index contributed by atoms with van der Waals surface area (Å²) in [7, 11) is 16.4. The fourth-order valence-corrected chi connectivity index (χ4v) is 17.7. The van der Waals surface area contributed by atoms with Crippen LogP contribution in [0, 0.1) is 48.5 Å². The van der Waals surface area contributed by atoms with Gasteiger partial charge in [0.25, 0.3) is 22.2 Å². The second-order valence-corrected chi connectivity index (χ2v) is 34.8. The third-order valence-corrected chi connectivity index (χ3v) is 25.0. The van der Waals surface area contributed by atoms with E-state index in [9.17, 15) is 32.3 Å². The Bertz CT molecular complexity index is 6210. The summed E-state index contributed by atoms with van der Waals surface area (Å²) in [5.41, 5.74) is 10.7. The van der Waals surface area contributed by atoms with Crippen molar-refractivity contribution in [3.8, 4) is 51.4 Å². The number of pyridine rings is 5. The summed E-state index contributed by atoms with van der Waals surface area (Å²) in [6.45, 7) is 28.8. The van der Waals surface area contributed by atoms with Gasteiger partial charge in [0.15, 0.2) is 0 Å². The number of aromatic nitrogens is 13. The van der Waals surface area contributed by atoms with Crippen LogP contribution in [0.15, 0.2) is 183 Å². The van der Waals surface area contributed by atoms with E-state index in [-0.39, 0.29) is 87.2 Å². The number of ether oxygens (including phenoxy) is 5. The topological polar surface area (TPSA) is 318 Å². The van der Waals surface area contributed by atoms with Crippen LogP contribution in [-0.2, 0) is 53.3 Å². The molecule has 136 heavy (non-hydrogen) atoms. The van der Waals surface area contributed by atoms with Crippen molar-refractivity contribution in [3.05, 3.63) is 256 Å². The van der Waals surface area contributed by atoms with Crippen LogP contribution < -0.4 is 77.6 Å². The van der Waals surface area contributed by atoms with E-state index in [0.29, 0.717) is 148 Å². The van der Waals surface area contributed by atoms with Gasteiger partial charge in [-0.05, 0) is 196 Å². The van der Waals surface area contributed by atoms with Crippen LogP contribution in [0.4, 0.5) is 70.6 Å². The predicted molar refractivity (Wildman–Crippen MR) is 533 cm³/mol. The van der Waals surface area contributed by atoms with Crippen molar-refractivity contribution >= 4 is 69.0 Å². The lowest BCUT2D eigenvalue weighted by Gasteiger charge is -2.22. The Kier molecular flexibility index (Phi) is 32.7. The maximum absolute atomic E-state index is 13.5. The molecule has 16 rings (SSSR count). The van der Waals surface area contributed by atoms with Crippen molar-refractivity contribution in [2.24, 2.45) is 28.2 Å². The fourth-order valence-electron chi connectivity index (χ4n) is 17.4. The Hall–Kier alpha value is -13.4. The highest BCUT2D eigenvalue weighted by molar-refractivity contribution is 6.33. The van der Waals surface area contributed by atoms with Crippen molar-refractivity contribution in [2.45, 2.75) is 131 Å². The van der Waals surface area contributed by atoms with Crippen LogP contribution in [0.2, 0.25) is 5.02 Å². The average Bonchev–Trinajstić information content (AvgIpc) is 1.60. The normalized spacial score (nSPS) is 17.9. The van der Waals surface area contributed by atoms with Gasteiger partial charge in [-0.15, -0.1) is 0 Å². The molecule has 8 atom stereocenters. The van der Waals surface area contributed by atoms with Gasteiger partial charge in [-0.25, -0.2) is 44.9 Å². The molecule has 9 aromatic heterocycles. The number of anilines is 10. The quantitative estimate of drug-likeness (QED) is 0.0372. The van der Waals surface area contributed by atoms with E-state index in [4.69, 9.17) is 50.2 Å². The van der Waals surface area contributed by atoms with Gasteiger partial charge in [0.05, 0.1) is 94.7 Å². The minimum Gasteiger partial charge on any atom is -0.481 e. The Morgan fingerprint density at radius 3 is 0.912 bits per heavy atom. The van der Waals surface area contributed by atoms with Gasteiger partial charge in [0, 0.05) is 200 Å². The van der Waals surface area contributed by atoms with E-state index in [0.717, 1.165) is 80.3 Å². The summed E-state index contributed by atoms with van der Waals surface area (Å²) in [5.74, 6) is 6.13. The van der Waals surface area contributed by atoms with Crippen molar-refractivity contribution in [2.75, 3.05) is 165 Å². The average molecular weight is 1880 g/mol. The van der Waals surface area contributed by atoms with E-state index in [1.807, 2.05) is 201 Å². The zero-order valence-corrected chi connectivity index (χ0v) is 81.6. The third kappa shape index (κ3) is 22.9. The summed E-state index contributed by atoms with van der Waals surface area (Å²) in [6, 6.07) is 41.9. The van der Waals surface area contributed by atoms with Crippen LogP contribution >= 0.6 is 11.6 Å². The molecule has 12 aromatic rings. The summed E-state index contributed by atoms with van der Waals surface area (Å²) < 4.78 is 74.4. The summed E-state index contributed by atoms with van der Waals surface area (Å²) in [6.07, 6.45) is 2.19. The number of benzene rings is 3. The number of nitrogens with zero attached hydrogens (tertiary/aromatic N) is 19. The zero-order chi connectivity index (χ0) is 97.7. The van der Waals surface area contributed by atoms with Crippen molar-refractivity contribution < 1.29 is 36.9 Å². The number of methoxy groups -OCH3 is 1. The van der Waals surface area contributed by atoms with E-state index < -0.39 is 11.7 Å². The van der Waals surface area contributed by atoms with Gasteiger partial charge in [0.1, 0.15) is 69.3 Å². The molecule has 720 valence electrons. The largest absolute Gasteiger partial charge is 0.481 e. The maximum Gasteiger partial charge on any atom is 0.416 e. The molecule has 4 fully saturated rings. The number of halogens is 4. The van der Waals surface area contributed by atoms with Crippen LogP contribution in [0.25, 0.3) is 45.6 Å². The van der Waals surface area contributed by atoms with Gasteiger partial charge < -0.3 is 74.4 Å². The minimum atomic E-state index is -4.52. The Morgan fingerprint density at radius 1 is 0.375 bits per heavy atom. The van der Waals surface area contributed by atoms with Gasteiger partial charge in [-0.1, -0.05) is 35.9 Å². The van der Waals surface area contributed by atoms with Gasteiger partial charge >= 0.3 is 6.18 Å². The van der Waals surface area contributed by atoms with E-state index in [1.165, 1.54) is 17.7 Å². The number of rotatable bonds is 27. The molecule has 0 radical (unpaired) electrons. The molecule has 4 saturated heterocycles. The summed E-state index contributed by atoms with van der Waals surface area (Å²) >= 11 is 6.15. The second-order valence-electron chi connectivity index (χ2n) is 34.4. The third-order valence-electron chi connectivity index (χ3n) is 24.7. The van der Waals surface area contributed by atoms with Gasteiger partial charge in [-0.2, -0.15) is 13.2 Å². The smallest absolute Gasteiger partial charge is 0.416 e. The monoisotopic (exact) mass is 1880 g/mol. The molecule has 0 bridgehead atoms. The van der Waals surface area contributed by atoms with Crippen LogP contribution in [-0.4, -0.2) is 226 Å². The number of hydrogen-bond donors (Lipinski definition) is 4. The number of alkyl halides is 3. The highest BCUT2D eigenvalue weighted by Crippen LogP contribution is 2.38. The fraction of sp³-hybridized carbons (Fsp3) is 0.410. The number of nitrogens with one attached hydrogen (secondary N) is 4. The molecule has 32 nitrogen and oxygen atoms in total. The first-order chi connectivity index (χ1) is 65.1. The minimum absolute atomic E-state index is 0.0536. The van der Waals surface area contributed by atoms with Crippen molar-refractivity contribution in [1.29, 1.82) is 0 Å².